The van der Waals surface area contributed by atoms with E-state index in [1.165, 1.54) is 5.39 Å². The standard InChI is InChI=1S/C14H16N2O/c15-14(13-5-2-8-17-13)11-4-1-3-10-6-7-16-9-12(10)11/h1,3-4,6-7,9,13-14H,2,5,8,15H2. The van der Waals surface area contributed by atoms with Crippen LogP contribution in [0.3, 0.4) is 0 Å². The van der Waals surface area contributed by atoms with Crippen molar-refractivity contribution < 1.29 is 4.74 Å². The first-order valence-electron chi connectivity index (χ1n) is 6.06. The van der Waals surface area contributed by atoms with Crippen LogP contribution in [0.4, 0.5) is 0 Å². The minimum absolute atomic E-state index is 0.0506. The summed E-state index contributed by atoms with van der Waals surface area (Å²) in [5.74, 6) is 0. The number of pyridine rings is 1. The highest BCUT2D eigenvalue weighted by Crippen LogP contribution is 2.29. The normalized spacial score (nSPS) is 21.8. The van der Waals surface area contributed by atoms with Gasteiger partial charge in [0.1, 0.15) is 0 Å². The zero-order valence-electron chi connectivity index (χ0n) is 9.67. The molecule has 0 aliphatic carbocycles. The van der Waals surface area contributed by atoms with Crippen molar-refractivity contribution in [1.82, 2.24) is 4.98 Å². The molecular formula is C14H16N2O. The summed E-state index contributed by atoms with van der Waals surface area (Å²) in [4.78, 5) is 4.19. The summed E-state index contributed by atoms with van der Waals surface area (Å²) in [5.41, 5.74) is 7.45. The van der Waals surface area contributed by atoms with Gasteiger partial charge in [-0.05, 0) is 29.9 Å². The van der Waals surface area contributed by atoms with E-state index in [-0.39, 0.29) is 12.1 Å². The molecule has 0 radical (unpaired) electrons. The summed E-state index contributed by atoms with van der Waals surface area (Å²) in [6, 6.07) is 8.18. The van der Waals surface area contributed by atoms with Gasteiger partial charge in [0.2, 0.25) is 0 Å². The Hall–Kier alpha value is -1.45. The van der Waals surface area contributed by atoms with Crippen LogP contribution < -0.4 is 5.73 Å². The van der Waals surface area contributed by atoms with Crippen molar-refractivity contribution in [2.75, 3.05) is 6.61 Å². The maximum absolute atomic E-state index is 6.31. The fraction of sp³-hybridized carbons (Fsp3) is 0.357. The highest BCUT2D eigenvalue weighted by Gasteiger charge is 2.25. The molecule has 1 aromatic heterocycles. The third-order valence-corrected chi connectivity index (χ3v) is 3.44. The minimum atomic E-state index is -0.0506. The second-order valence-corrected chi connectivity index (χ2v) is 4.52. The first-order chi connectivity index (χ1) is 8.36. The summed E-state index contributed by atoms with van der Waals surface area (Å²) in [6.45, 7) is 0.835. The molecule has 2 unspecified atom stereocenters. The Bertz CT molecular complexity index is 515. The van der Waals surface area contributed by atoms with Gasteiger partial charge in [-0.15, -0.1) is 0 Å². The van der Waals surface area contributed by atoms with Crippen molar-refractivity contribution in [1.29, 1.82) is 0 Å². The van der Waals surface area contributed by atoms with Gasteiger partial charge in [0, 0.05) is 24.4 Å². The van der Waals surface area contributed by atoms with E-state index in [4.69, 9.17) is 10.5 Å². The molecule has 1 saturated heterocycles. The van der Waals surface area contributed by atoms with E-state index < -0.39 is 0 Å². The predicted molar refractivity (Wildman–Crippen MR) is 67.6 cm³/mol. The van der Waals surface area contributed by atoms with E-state index in [0.29, 0.717) is 0 Å². The van der Waals surface area contributed by atoms with Crippen molar-refractivity contribution in [2.24, 2.45) is 5.73 Å². The highest BCUT2D eigenvalue weighted by molar-refractivity contribution is 5.85. The van der Waals surface area contributed by atoms with Gasteiger partial charge in [0.25, 0.3) is 0 Å². The molecule has 3 nitrogen and oxygen atoms in total. The Kier molecular flexibility index (Phi) is 2.79. The van der Waals surface area contributed by atoms with Crippen LogP contribution in [0.2, 0.25) is 0 Å². The lowest BCUT2D eigenvalue weighted by molar-refractivity contribution is 0.0904. The summed E-state index contributed by atoms with van der Waals surface area (Å²) < 4.78 is 5.67. The third kappa shape index (κ3) is 1.92. The lowest BCUT2D eigenvalue weighted by Crippen LogP contribution is -2.25. The van der Waals surface area contributed by atoms with Crippen molar-refractivity contribution in [3.63, 3.8) is 0 Å². The zero-order valence-corrected chi connectivity index (χ0v) is 9.67. The Morgan fingerprint density at radius 2 is 2.29 bits per heavy atom. The van der Waals surface area contributed by atoms with Gasteiger partial charge >= 0.3 is 0 Å². The van der Waals surface area contributed by atoms with E-state index in [0.717, 1.165) is 30.4 Å². The number of hydrogen-bond acceptors (Lipinski definition) is 3. The smallest absolute Gasteiger partial charge is 0.0768 e. The van der Waals surface area contributed by atoms with Gasteiger partial charge < -0.3 is 10.5 Å². The predicted octanol–water partition coefficient (Wildman–Crippen LogP) is 2.41. The zero-order chi connectivity index (χ0) is 11.7. The molecule has 2 atom stereocenters. The average Bonchev–Trinajstić information content (AvgIpc) is 2.91. The molecule has 3 heteroatoms. The summed E-state index contributed by atoms with van der Waals surface area (Å²) in [7, 11) is 0. The maximum atomic E-state index is 6.31. The van der Waals surface area contributed by atoms with E-state index in [9.17, 15) is 0 Å². The second-order valence-electron chi connectivity index (χ2n) is 4.52. The van der Waals surface area contributed by atoms with Crippen LogP contribution >= 0.6 is 0 Å². The van der Waals surface area contributed by atoms with Crippen molar-refractivity contribution in [3.8, 4) is 0 Å². The Morgan fingerprint density at radius 1 is 1.35 bits per heavy atom. The number of nitrogens with two attached hydrogens (primary N) is 1. The SMILES string of the molecule is NC(c1cccc2ccncc12)C1CCCO1. The molecule has 2 heterocycles. The van der Waals surface area contributed by atoms with Crippen LogP contribution in [0.5, 0.6) is 0 Å². The van der Waals surface area contributed by atoms with Gasteiger partial charge in [0.15, 0.2) is 0 Å². The Morgan fingerprint density at radius 3 is 3.12 bits per heavy atom. The van der Waals surface area contributed by atoms with Crippen LogP contribution in [0.15, 0.2) is 36.7 Å². The average molecular weight is 228 g/mol. The summed E-state index contributed by atoms with van der Waals surface area (Å²) in [5, 5.41) is 2.32. The fourth-order valence-corrected chi connectivity index (χ4v) is 2.51. The summed E-state index contributed by atoms with van der Waals surface area (Å²) in [6.07, 6.45) is 6.02. The molecule has 3 rings (SSSR count). The van der Waals surface area contributed by atoms with Crippen LogP contribution in [0, 0.1) is 0 Å². The third-order valence-electron chi connectivity index (χ3n) is 3.44. The molecule has 0 bridgehead atoms. The Labute approximate surface area is 101 Å². The molecule has 0 saturated carbocycles. The monoisotopic (exact) mass is 228 g/mol. The quantitative estimate of drug-likeness (QED) is 0.858. The molecule has 2 aromatic rings. The molecule has 1 aliphatic heterocycles. The number of hydrogen-bond donors (Lipinski definition) is 1. The van der Waals surface area contributed by atoms with E-state index in [1.54, 1.807) is 0 Å². The topological polar surface area (TPSA) is 48.1 Å². The van der Waals surface area contributed by atoms with Gasteiger partial charge in [-0.2, -0.15) is 0 Å². The van der Waals surface area contributed by atoms with Crippen LogP contribution in [-0.2, 0) is 4.74 Å². The van der Waals surface area contributed by atoms with E-state index >= 15 is 0 Å². The number of benzene rings is 1. The van der Waals surface area contributed by atoms with Crippen LogP contribution in [0.1, 0.15) is 24.4 Å². The molecule has 0 spiro atoms. The molecular weight excluding hydrogens is 212 g/mol. The summed E-state index contributed by atoms with van der Waals surface area (Å²) >= 11 is 0. The van der Waals surface area contributed by atoms with Crippen molar-refractivity contribution in [3.05, 3.63) is 42.2 Å². The largest absolute Gasteiger partial charge is 0.376 e. The maximum Gasteiger partial charge on any atom is 0.0768 e. The number of nitrogens with zero attached hydrogens (tertiary/aromatic N) is 1. The number of aromatic nitrogens is 1. The van der Waals surface area contributed by atoms with Crippen molar-refractivity contribution >= 4 is 10.8 Å². The van der Waals surface area contributed by atoms with Gasteiger partial charge in [0.05, 0.1) is 12.1 Å². The molecule has 2 N–H and O–H groups in total. The highest BCUT2D eigenvalue weighted by atomic mass is 16.5. The number of rotatable bonds is 2. The first-order valence-corrected chi connectivity index (χ1v) is 6.06. The Balaban J connectivity index is 2.04. The molecule has 1 fully saturated rings. The van der Waals surface area contributed by atoms with Crippen LogP contribution in [-0.4, -0.2) is 17.7 Å². The van der Waals surface area contributed by atoms with Gasteiger partial charge in [-0.1, -0.05) is 18.2 Å². The van der Waals surface area contributed by atoms with Crippen molar-refractivity contribution in [2.45, 2.75) is 25.0 Å². The molecule has 88 valence electrons. The molecule has 1 aliphatic rings. The fourth-order valence-electron chi connectivity index (χ4n) is 2.51. The second kappa shape index (κ2) is 4.43. The molecule has 1 aromatic carbocycles. The molecule has 17 heavy (non-hydrogen) atoms. The van der Waals surface area contributed by atoms with Gasteiger partial charge in [-0.25, -0.2) is 0 Å². The molecule has 0 amide bonds. The number of ether oxygens (including phenoxy) is 1. The number of fused-ring (bicyclic) bond motifs is 1. The lowest BCUT2D eigenvalue weighted by atomic mass is 9.96. The lowest BCUT2D eigenvalue weighted by Gasteiger charge is -2.20. The first kappa shape index (κ1) is 10.7. The van der Waals surface area contributed by atoms with E-state index in [2.05, 4.69) is 17.1 Å². The van der Waals surface area contributed by atoms with E-state index in [1.807, 2.05) is 24.5 Å². The van der Waals surface area contributed by atoms with Gasteiger partial charge in [-0.3, -0.25) is 4.98 Å². The van der Waals surface area contributed by atoms with Crippen LogP contribution in [0.25, 0.3) is 10.8 Å². The minimum Gasteiger partial charge on any atom is -0.376 e.